The van der Waals surface area contributed by atoms with Crippen LogP contribution in [0.5, 0.6) is 5.75 Å². The molecule has 0 aliphatic heterocycles. The second-order valence-corrected chi connectivity index (χ2v) is 5.02. The van der Waals surface area contributed by atoms with E-state index in [1.165, 1.54) is 11.5 Å². The Bertz CT molecular complexity index is 724. The normalized spacial score (nSPS) is 10.7. The van der Waals surface area contributed by atoms with Crippen LogP contribution in [-0.2, 0) is 6.61 Å². The van der Waals surface area contributed by atoms with Crippen LogP contribution in [0.2, 0.25) is 0 Å². The minimum atomic E-state index is 0.451. The van der Waals surface area contributed by atoms with E-state index >= 15 is 0 Å². The van der Waals surface area contributed by atoms with E-state index in [0.717, 1.165) is 27.1 Å². The zero-order valence-corrected chi connectivity index (χ0v) is 11.0. The van der Waals surface area contributed by atoms with E-state index in [1.807, 2.05) is 42.5 Å². The summed E-state index contributed by atoms with van der Waals surface area (Å²) in [7, 11) is 0. The third-order valence-corrected chi connectivity index (χ3v) is 3.74. The molecule has 0 saturated heterocycles. The van der Waals surface area contributed by atoms with Gasteiger partial charge in [-0.2, -0.15) is 4.37 Å². The lowest BCUT2D eigenvalue weighted by Gasteiger charge is -2.08. The molecule has 3 aromatic rings. The molecule has 3 rings (SSSR count). The summed E-state index contributed by atoms with van der Waals surface area (Å²) in [6.07, 6.45) is 0. The standard InChI is InChI=1S/C14H13N3OS/c15-12-4-2-1-3-9(12)8-18-10-5-6-11-13(7-10)19-17-14(11)16/h1-7H,8,15H2,(H2,16,17). The average Bonchev–Trinajstić information content (AvgIpc) is 2.79. The fraction of sp³-hybridized carbons (Fsp3) is 0.0714. The molecule has 0 saturated carbocycles. The molecule has 1 aromatic heterocycles. The number of nitrogens with two attached hydrogens (primary N) is 2. The molecule has 96 valence electrons. The molecule has 0 spiro atoms. The first-order valence-corrected chi connectivity index (χ1v) is 6.62. The number of aromatic nitrogens is 1. The van der Waals surface area contributed by atoms with E-state index in [0.29, 0.717) is 12.4 Å². The van der Waals surface area contributed by atoms with Crippen LogP contribution in [0.4, 0.5) is 11.5 Å². The van der Waals surface area contributed by atoms with Gasteiger partial charge in [-0.05, 0) is 35.8 Å². The van der Waals surface area contributed by atoms with Crippen LogP contribution in [0, 0.1) is 0 Å². The van der Waals surface area contributed by atoms with Crippen LogP contribution in [0.25, 0.3) is 10.1 Å². The Morgan fingerprint density at radius 3 is 2.79 bits per heavy atom. The Morgan fingerprint density at radius 2 is 1.95 bits per heavy atom. The molecule has 19 heavy (non-hydrogen) atoms. The summed E-state index contributed by atoms with van der Waals surface area (Å²) >= 11 is 1.37. The first-order chi connectivity index (χ1) is 9.24. The fourth-order valence-electron chi connectivity index (χ4n) is 1.85. The first-order valence-electron chi connectivity index (χ1n) is 5.85. The van der Waals surface area contributed by atoms with E-state index in [2.05, 4.69) is 4.37 Å². The molecule has 0 aliphatic carbocycles. The number of anilines is 2. The number of rotatable bonds is 3. The highest BCUT2D eigenvalue weighted by Gasteiger charge is 2.05. The summed E-state index contributed by atoms with van der Waals surface area (Å²) < 4.78 is 10.9. The van der Waals surface area contributed by atoms with E-state index < -0.39 is 0 Å². The Morgan fingerprint density at radius 1 is 1.11 bits per heavy atom. The SMILES string of the molecule is Nc1ccccc1COc1ccc2c(N)nsc2c1. The highest BCUT2D eigenvalue weighted by molar-refractivity contribution is 7.13. The van der Waals surface area contributed by atoms with Crippen molar-refractivity contribution in [1.82, 2.24) is 4.37 Å². The Balaban J connectivity index is 1.80. The lowest BCUT2D eigenvalue weighted by Crippen LogP contribution is -1.99. The van der Waals surface area contributed by atoms with Crippen molar-refractivity contribution in [1.29, 1.82) is 0 Å². The first kappa shape index (κ1) is 11.8. The average molecular weight is 271 g/mol. The second kappa shape index (κ2) is 4.78. The zero-order chi connectivity index (χ0) is 13.2. The maximum atomic E-state index is 5.87. The maximum Gasteiger partial charge on any atom is 0.144 e. The van der Waals surface area contributed by atoms with Crippen molar-refractivity contribution in [3.05, 3.63) is 48.0 Å². The lowest BCUT2D eigenvalue weighted by atomic mass is 10.2. The summed E-state index contributed by atoms with van der Waals surface area (Å²) in [5.41, 5.74) is 13.3. The molecule has 5 heteroatoms. The van der Waals surface area contributed by atoms with Crippen LogP contribution in [-0.4, -0.2) is 4.37 Å². The Kier molecular flexibility index (Phi) is 2.97. The summed E-state index contributed by atoms with van der Waals surface area (Å²) in [4.78, 5) is 0. The smallest absolute Gasteiger partial charge is 0.144 e. The monoisotopic (exact) mass is 271 g/mol. The quantitative estimate of drug-likeness (QED) is 0.718. The van der Waals surface area contributed by atoms with Crippen molar-refractivity contribution in [2.45, 2.75) is 6.61 Å². The number of ether oxygens (including phenoxy) is 1. The number of benzene rings is 2. The number of hydrogen-bond donors (Lipinski definition) is 2. The summed E-state index contributed by atoms with van der Waals surface area (Å²) in [6.45, 7) is 0.451. The maximum absolute atomic E-state index is 5.87. The Hall–Kier alpha value is -2.27. The van der Waals surface area contributed by atoms with Crippen LogP contribution in [0.1, 0.15) is 5.56 Å². The lowest BCUT2D eigenvalue weighted by molar-refractivity contribution is 0.307. The molecule has 0 aliphatic rings. The summed E-state index contributed by atoms with van der Waals surface area (Å²) in [5.74, 6) is 1.36. The predicted octanol–water partition coefficient (Wildman–Crippen LogP) is 3.04. The fourth-order valence-corrected chi connectivity index (χ4v) is 2.59. The van der Waals surface area contributed by atoms with Gasteiger partial charge in [0.05, 0.1) is 4.70 Å². The molecule has 0 amide bonds. The minimum Gasteiger partial charge on any atom is -0.489 e. The van der Waals surface area contributed by atoms with Crippen molar-refractivity contribution in [3.63, 3.8) is 0 Å². The highest BCUT2D eigenvalue weighted by atomic mass is 32.1. The van der Waals surface area contributed by atoms with E-state index in [4.69, 9.17) is 16.2 Å². The van der Waals surface area contributed by atoms with Crippen LogP contribution >= 0.6 is 11.5 Å². The van der Waals surface area contributed by atoms with Gasteiger partial charge in [-0.25, -0.2) is 0 Å². The molecule has 0 fully saturated rings. The number of nitrogen functional groups attached to an aromatic ring is 2. The molecule has 0 atom stereocenters. The zero-order valence-electron chi connectivity index (χ0n) is 10.2. The van der Waals surface area contributed by atoms with Crippen molar-refractivity contribution in [2.24, 2.45) is 0 Å². The van der Waals surface area contributed by atoms with Crippen LogP contribution in [0.15, 0.2) is 42.5 Å². The summed E-state index contributed by atoms with van der Waals surface area (Å²) in [6, 6.07) is 13.4. The third kappa shape index (κ3) is 2.32. The van der Waals surface area contributed by atoms with E-state index in [-0.39, 0.29) is 0 Å². The topological polar surface area (TPSA) is 74.2 Å². The van der Waals surface area contributed by atoms with Crippen LogP contribution in [0.3, 0.4) is 0 Å². The van der Waals surface area contributed by atoms with Gasteiger partial charge in [-0.3, -0.25) is 0 Å². The molecule has 4 nitrogen and oxygen atoms in total. The number of para-hydroxylation sites is 1. The van der Waals surface area contributed by atoms with Crippen molar-refractivity contribution < 1.29 is 4.74 Å². The largest absolute Gasteiger partial charge is 0.489 e. The van der Waals surface area contributed by atoms with Gasteiger partial charge in [0.15, 0.2) is 0 Å². The van der Waals surface area contributed by atoms with Crippen LogP contribution < -0.4 is 16.2 Å². The summed E-state index contributed by atoms with van der Waals surface area (Å²) in [5, 5.41) is 0.969. The molecule has 2 aromatic carbocycles. The molecular formula is C14H13N3OS. The van der Waals surface area contributed by atoms with Gasteiger partial charge in [0, 0.05) is 16.6 Å². The highest BCUT2D eigenvalue weighted by Crippen LogP contribution is 2.28. The Labute approximate surface area is 114 Å². The molecule has 1 heterocycles. The van der Waals surface area contributed by atoms with Crippen molar-refractivity contribution in [3.8, 4) is 5.75 Å². The number of hydrogen-bond acceptors (Lipinski definition) is 5. The van der Waals surface area contributed by atoms with Gasteiger partial charge in [0.2, 0.25) is 0 Å². The molecule has 0 radical (unpaired) electrons. The number of fused-ring (bicyclic) bond motifs is 1. The van der Waals surface area contributed by atoms with Gasteiger partial charge in [-0.1, -0.05) is 18.2 Å². The van der Waals surface area contributed by atoms with Gasteiger partial charge in [0.25, 0.3) is 0 Å². The van der Waals surface area contributed by atoms with Gasteiger partial charge < -0.3 is 16.2 Å². The molecule has 0 unspecified atom stereocenters. The second-order valence-electron chi connectivity index (χ2n) is 4.21. The predicted molar refractivity (Wildman–Crippen MR) is 79.2 cm³/mol. The minimum absolute atomic E-state index is 0.451. The van der Waals surface area contributed by atoms with Crippen molar-refractivity contribution >= 4 is 33.1 Å². The van der Waals surface area contributed by atoms with Gasteiger partial charge in [0.1, 0.15) is 18.2 Å². The van der Waals surface area contributed by atoms with E-state index in [9.17, 15) is 0 Å². The van der Waals surface area contributed by atoms with Gasteiger partial charge >= 0.3 is 0 Å². The molecule has 0 bridgehead atoms. The van der Waals surface area contributed by atoms with E-state index in [1.54, 1.807) is 0 Å². The third-order valence-electron chi connectivity index (χ3n) is 2.92. The number of nitrogens with zero attached hydrogens (tertiary/aromatic N) is 1. The molecular weight excluding hydrogens is 258 g/mol. The van der Waals surface area contributed by atoms with Crippen molar-refractivity contribution in [2.75, 3.05) is 11.5 Å². The van der Waals surface area contributed by atoms with Gasteiger partial charge in [-0.15, -0.1) is 0 Å². The molecule has 4 N–H and O–H groups in total.